The second-order valence-electron chi connectivity index (χ2n) is 3.22. The molecule has 0 aliphatic carbocycles. The lowest BCUT2D eigenvalue weighted by Gasteiger charge is -2.12. The minimum absolute atomic E-state index is 0.127. The fourth-order valence-corrected chi connectivity index (χ4v) is 3.27. The predicted octanol–water partition coefficient (Wildman–Crippen LogP) is 2.14. The molecule has 1 heterocycles. The molecule has 3 nitrogen and oxygen atoms in total. The van der Waals surface area contributed by atoms with Crippen molar-refractivity contribution in [1.29, 1.82) is 0 Å². The normalized spacial score (nSPS) is 14.1. The molecule has 0 saturated carbocycles. The molecule has 0 radical (unpaired) electrons. The lowest BCUT2D eigenvalue weighted by atomic mass is 10.2. The fraction of sp³-hybridized carbons (Fsp3) is 0.556. The lowest BCUT2D eigenvalue weighted by Crippen LogP contribution is -2.28. The van der Waals surface area contributed by atoms with Crippen molar-refractivity contribution in [3.05, 3.63) is 22.4 Å². The van der Waals surface area contributed by atoms with Gasteiger partial charge in [0.2, 0.25) is 10.0 Å². The molecular formula is C9H15NO2S2. The van der Waals surface area contributed by atoms with Crippen LogP contribution in [0.25, 0.3) is 0 Å². The first-order valence-electron chi connectivity index (χ1n) is 4.57. The number of sulfonamides is 1. The summed E-state index contributed by atoms with van der Waals surface area (Å²) in [5.41, 5.74) is 1.02. The summed E-state index contributed by atoms with van der Waals surface area (Å²) in [5.74, 6) is 0.196. The summed E-state index contributed by atoms with van der Waals surface area (Å²) in [6, 6.07) is 1.81. The van der Waals surface area contributed by atoms with Crippen molar-refractivity contribution in [3.63, 3.8) is 0 Å². The molecule has 0 aliphatic heterocycles. The van der Waals surface area contributed by atoms with Gasteiger partial charge in [-0.25, -0.2) is 13.1 Å². The van der Waals surface area contributed by atoms with E-state index in [1.165, 1.54) is 0 Å². The summed E-state index contributed by atoms with van der Waals surface area (Å²) in [6.45, 7) is 3.71. The Balaban J connectivity index is 2.61. The molecule has 80 valence electrons. The van der Waals surface area contributed by atoms with Crippen molar-refractivity contribution in [2.75, 3.05) is 5.75 Å². The van der Waals surface area contributed by atoms with Crippen LogP contribution in [0.2, 0.25) is 0 Å². The molecule has 0 aromatic carbocycles. The van der Waals surface area contributed by atoms with Gasteiger partial charge in [-0.2, -0.15) is 11.3 Å². The lowest BCUT2D eigenvalue weighted by molar-refractivity contribution is 0.566. The Kier molecular flexibility index (Phi) is 4.10. The van der Waals surface area contributed by atoms with E-state index in [1.54, 1.807) is 11.3 Å². The van der Waals surface area contributed by atoms with Crippen molar-refractivity contribution in [1.82, 2.24) is 4.72 Å². The van der Waals surface area contributed by atoms with Crippen LogP contribution in [-0.4, -0.2) is 14.2 Å². The van der Waals surface area contributed by atoms with Crippen molar-refractivity contribution < 1.29 is 8.42 Å². The molecule has 1 aromatic rings. The third-order valence-corrected chi connectivity index (χ3v) is 4.23. The quantitative estimate of drug-likeness (QED) is 0.847. The van der Waals surface area contributed by atoms with Crippen LogP contribution in [0.15, 0.2) is 16.8 Å². The zero-order valence-corrected chi connectivity index (χ0v) is 9.99. The van der Waals surface area contributed by atoms with Crippen LogP contribution in [0.4, 0.5) is 0 Å². The first-order valence-corrected chi connectivity index (χ1v) is 7.17. The first-order chi connectivity index (χ1) is 6.55. The van der Waals surface area contributed by atoms with Gasteiger partial charge in [0.1, 0.15) is 0 Å². The Labute approximate surface area is 89.2 Å². The van der Waals surface area contributed by atoms with Gasteiger partial charge in [-0.3, -0.25) is 0 Å². The van der Waals surface area contributed by atoms with Gasteiger partial charge in [-0.1, -0.05) is 6.92 Å². The van der Waals surface area contributed by atoms with Crippen molar-refractivity contribution in [2.24, 2.45) is 0 Å². The minimum atomic E-state index is -3.10. The standard InChI is InChI=1S/C9H15NO2S2/c1-3-6-14(11,12)10-8(2)9-4-5-13-7-9/h4-5,7-8,10H,3,6H2,1-2H3. The van der Waals surface area contributed by atoms with Crippen LogP contribution in [0.5, 0.6) is 0 Å². The fourth-order valence-electron chi connectivity index (χ4n) is 1.19. The van der Waals surface area contributed by atoms with Gasteiger partial charge in [-0.15, -0.1) is 0 Å². The van der Waals surface area contributed by atoms with E-state index in [0.717, 1.165) is 5.56 Å². The largest absolute Gasteiger partial charge is 0.212 e. The predicted molar refractivity (Wildman–Crippen MR) is 59.9 cm³/mol. The average molecular weight is 233 g/mol. The van der Waals surface area contributed by atoms with Gasteiger partial charge >= 0.3 is 0 Å². The van der Waals surface area contributed by atoms with Gasteiger partial charge < -0.3 is 0 Å². The maximum atomic E-state index is 11.4. The van der Waals surface area contributed by atoms with Crippen LogP contribution in [-0.2, 0) is 10.0 Å². The van der Waals surface area contributed by atoms with E-state index in [9.17, 15) is 8.42 Å². The SMILES string of the molecule is CCCS(=O)(=O)NC(C)c1ccsc1. The van der Waals surface area contributed by atoms with Crippen molar-refractivity contribution >= 4 is 21.4 Å². The van der Waals surface area contributed by atoms with E-state index < -0.39 is 10.0 Å². The van der Waals surface area contributed by atoms with Gasteiger partial charge in [-0.05, 0) is 35.7 Å². The molecule has 1 N–H and O–H groups in total. The van der Waals surface area contributed by atoms with E-state index in [2.05, 4.69) is 4.72 Å². The molecule has 0 fully saturated rings. The molecule has 1 atom stereocenters. The summed E-state index contributed by atoms with van der Waals surface area (Å²) in [6.07, 6.45) is 0.645. The molecular weight excluding hydrogens is 218 g/mol. The Morgan fingerprint density at radius 3 is 2.79 bits per heavy atom. The zero-order valence-electron chi connectivity index (χ0n) is 8.36. The molecule has 5 heteroatoms. The summed E-state index contributed by atoms with van der Waals surface area (Å²) >= 11 is 1.57. The highest BCUT2D eigenvalue weighted by atomic mass is 32.2. The van der Waals surface area contributed by atoms with Gasteiger partial charge in [0.15, 0.2) is 0 Å². The minimum Gasteiger partial charge on any atom is -0.212 e. The summed E-state index contributed by atoms with van der Waals surface area (Å²) in [4.78, 5) is 0. The molecule has 1 aromatic heterocycles. The molecule has 0 spiro atoms. The summed E-state index contributed by atoms with van der Waals surface area (Å²) < 4.78 is 25.5. The number of hydrogen-bond donors (Lipinski definition) is 1. The summed E-state index contributed by atoms with van der Waals surface area (Å²) in [5, 5.41) is 3.90. The Bertz CT molecular complexity index is 356. The van der Waals surface area contributed by atoms with Crippen molar-refractivity contribution in [3.8, 4) is 0 Å². The number of rotatable bonds is 5. The first kappa shape index (κ1) is 11.7. The maximum Gasteiger partial charge on any atom is 0.212 e. The molecule has 0 bridgehead atoms. The van der Waals surface area contributed by atoms with Crippen LogP contribution in [0, 0.1) is 0 Å². The van der Waals surface area contributed by atoms with Gasteiger partial charge in [0, 0.05) is 6.04 Å². The highest BCUT2D eigenvalue weighted by Crippen LogP contribution is 2.16. The van der Waals surface area contributed by atoms with Crippen molar-refractivity contribution in [2.45, 2.75) is 26.3 Å². The number of nitrogens with one attached hydrogen (secondary N) is 1. The molecule has 14 heavy (non-hydrogen) atoms. The molecule has 0 saturated heterocycles. The third-order valence-electron chi connectivity index (χ3n) is 1.87. The van der Waals surface area contributed by atoms with E-state index in [0.29, 0.717) is 6.42 Å². The number of thiophene rings is 1. The highest BCUT2D eigenvalue weighted by molar-refractivity contribution is 7.89. The average Bonchev–Trinajstić information content (AvgIpc) is 2.53. The second-order valence-corrected chi connectivity index (χ2v) is 5.87. The van der Waals surface area contributed by atoms with Gasteiger partial charge in [0.25, 0.3) is 0 Å². The van der Waals surface area contributed by atoms with E-state index >= 15 is 0 Å². The molecule has 0 amide bonds. The third kappa shape index (κ3) is 3.40. The monoisotopic (exact) mass is 233 g/mol. The summed E-state index contributed by atoms with van der Waals surface area (Å²) in [7, 11) is -3.10. The van der Waals surface area contributed by atoms with Crippen LogP contribution in [0.3, 0.4) is 0 Å². The Hall–Kier alpha value is -0.390. The Morgan fingerprint density at radius 1 is 1.57 bits per heavy atom. The van der Waals surface area contributed by atoms with E-state index in [4.69, 9.17) is 0 Å². The topological polar surface area (TPSA) is 46.2 Å². The van der Waals surface area contributed by atoms with E-state index in [1.807, 2.05) is 30.7 Å². The highest BCUT2D eigenvalue weighted by Gasteiger charge is 2.14. The van der Waals surface area contributed by atoms with E-state index in [-0.39, 0.29) is 11.8 Å². The molecule has 0 aliphatic rings. The van der Waals surface area contributed by atoms with Gasteiger partial charge in [0.05, 0.1) is 5.75 Å². The number of hydrogen-bond acceptors (Lipinski definition) is 3. The second kappa shape index (κ2) is 4.91. The zero-order chi connectivity index (χ0) is 10.6. The van der Waals surface area contributed by atoms with Crippen LogP contribution >= 0.6 is 11.3 Å². The van der Waals surface area contributed by atoms with Crippen LogP contribution < -0.4 is 4.72 Å². The van der Waals surface area contributed by atoms with Crippen LogP contribution in [0.1, 0.15) is 31.9 Å². The molecule has 1 rings (SSSR count). The maximum absolute atomic E-state index is 11.4. The Morgan fingerprint density at radius 2 is 2.29 bits per heavy atom. The molecule has 1 unspecified atom stereocenters. The smallest absolute Gasteiger partial charge is 0.212 e.